The largest absolute Gasteiger partial charge is 0.480 e. The lowest BCUT2D eigenvalue weighted by Crippen LogP contribution is -2.38. The zero-order chi connectivity index (χ0) is 20.5. The summed E-state index contributed by atoms with van der Waals surface area (Å²) in [4.78, 5) is 29.4. The summed E-state index contributed by atoms with van der Waals surface area (Å²) in [6, 6.07) is 12.8. The molecule has 1 aliphatic rings. The molecule has 1 saturated carbocycles. The van der Waals surface area contributed by atoms with Crippen molar-refractivity contribution in [3.8, 4) is 0 Å². The highest BCUT2D eigenvalue weighted by atomic mass is 16.6. The third-order valence-electron chi connectivity index (χ3n) is 5.15. The number of carboxylic acid groups (broad SMARTS) is 1. The van der Waals surface area contributed by atoms with Crippen LogP contribution in [0.5, 0.6) is 0 Å². The highest BCUT2D eigenvalue weighted by Crippen LogP contribution is 2.37. The van der Waals surface area contributed by atoms with E-state index in [1.54, 1.807) is 24.5 Å². The summed E-state index contributed by atoms with van der Waals surface area (Å²) >= 11 is 0. The molecule has 0 unspecified atom stereocenters. The second kappa shape index (κ2) is 10.0. The zero-order valence-electron chi connectivity index (χ0n) is 16.3. The monoisotopic (exact) mass is 398 g/mol. The van der Waals surface area contributed by atoms with Gasteiger partial charge >= 0.3 is 12.1 Å². The first kappa shape index (κ1) is 20.8. The van der Waals surface area contributed by atoms with Gasteiger partial charge in [-0.3, -0.25) is 4.98 Å². The highest BCUT2D eigenvalue weighted by molar-refractivity contribution is 5.95. The van der Waals surface area contributed by atoms with Gasteiger partial charge in [0.1, 0.15) is 13.2 Å². The number of anilines is 2. The predicted octanol–water partition coefficient (Wildman–Crippen LogP) is 4.41. The van der Waals surface area contributed by atoms with Crippen molar-refractivity contribution in [2.24, 2.45) is 5.41 Å². The predicted molar refractivity (Wildman–Crippen MR) is 108 cm³/mol. The van der Waals surface area contributed by atoms with Gasteiger partial charge in [-0.2, -0.15) is 0 Å². The summed E-state index contributed by atoms with van der Waals surface area (Å²) in [6.45, 7) is 0.112. The standard InChI is InChI=1S/C22H26N2O5/c25-20(26)15-28-16-22(11-5-2-6-12-22)17-29-21(27)24(18-8-3-1-4-9-18)19-10-7-13-23-14-19/h1,3-4,7-10,13-14H,2,5-6,11-12,15-17H2,(H,25,26). The Labute approximate surface area is 170 Å². The molecule has 29 heavy (non-hydrogen) atoms. The molecule has 0 spiro atoms. The molecule has 0 atom stereocenters. The Morgan fingerprint density at radius 2 is 1.72 bits per heavy atom. The van der Waals surface area contributed by atoms with Crippen molar-refractivity contribution < 1.29 is 24.2 Å². The minimum atomic E-state index is -1.00. The molecule has 7 nitrogen and oxygen atoms in total. The maximum atomic E-state index is 13.1. The van der Waals surface area contributed by atoms with Crippen LogP contribution in [0.25, 0.3) is 0 Å². The molecule has 3 rings (SSSR count). The van der Waals surface area contributed by atoms with Crippen LogP contribution in [0.3, 0.4) is 0 Å². The molecule has 0 radical (unpaired) electrons. The number of ether oxygens (including phenoxy) is 2. The molecule has 0 saturated heterocycles. The van der Waals surface area contributed by atoms with E-state index in [4.69, 9.17) is 14.6 Å². The summed E-state index contributed by atoms with van der Waals surface area (Å²) in [5.41, 5.74) is 0.953. The van der Waals surface area contributed by atoms with Crippen LogP contribution >= 0.6 is 0 Å². The van der Waals surface area contributed by atoms with Gasteiger partial charge in [-0.05, 0) is 37.1 Å². The minimum Gasteiger partial charge on any atom is -0.480 e. The molecule has 1 N–H and O–H groups in total. The number of aliphatic carboxylic acids is 1. The third kappa shape index (κ3) is 5.77. The minimum absolute atomic E-state index is 0.190. The van der Waals surface area contributed by atoms with Crippen LogP contribution in [0.15, 0.2) is 54.9 Å². The molecule has 2 aromatic rings. The van der Waals surface area contributed by atoms with Crippen molar-refractivity contribution in [1.29, 1.82) is 0 Å². The smallest absolute Gasteiger partial charge is 0.419 e. The molecular weight excluding hydrogens is 372 g/mol. The van der Waals surface area contributed by atoms with E-state index >= 15 is 0 Å². The van der Waals surface area contributed by atoms with Gasteiger partial charge in [0.2, 0.25) is 0 Å². The van der Waals surface area contributed by atoms with Gasteiger partial charge in [0.25, 0.3) is 0 Å². The number of aromatic nitrogens is 1. The van der Waals surface area contributed by atoms with Crippen molar-refractivity contribution >= 4 is 23.4 Å². The fourth-order valence-electron chi connectivity index (χ4n) is 3.69. The first-order valence-electron chi connectivity index (χ1n) is 9.81. The average Bonchev–Trinajstić information content (AvgIpc) is 2.75. The van der Waals surface area contributed by atoms with Crippen LogP contribution in [0.1, 0.15) is 32.1 Å². The number of hydrogen-bond acceptors (Lipinski definition) is 5. The van der Waals surface area contributed by atoms with E-state index in [0.29, 0.717) is 11.4 Å². The van der Waals surface area contributed by atoms with Gasteiger partial charge in [-0.1, -0.05) is 37.5 Å². The van der Waals surface area contributed by atoms with Gasteiger partial charge in [0, 0.05) is 11.6 Å². The number of benzene rings is 1. The second-order valence-electron chi connectivity index (χ2n) is 7.38. The lowest BCUT2D eigenvalue weighted by molar-refractivity contribution is -0.144. The first-order chi connectivity index (χ1) is 14.1. The van der Waals surface area contributed by atoms with Crippen LogP contribution in [-0.4, -0.2) is 42.0 Å². The Bertz CT molecular complexity index is 752. The SMILES string of the molecule is O=C(O)COCC1(COC(=O)N(c2ccccc2)c2cccnc2)CCCCC1. The van der Waals surface area contributed by atoms with E-state index < -0.39 is 12.1 Å². The van der Waals surface area contributed by atoms with Crippen molar-refractivity contribution in [3.05, 3.63) is 54.9 Å². The van der Waals surface area contributed by atoms with E-state index in [-0.39, 0.29) is 25.2 Å². The molecule has 1 amide bonds. The maximum absolute atomic E-state index is 13.1. The molecule has 1 heterocycles. The summed E-state index contributed by atoms with van der Waals surface area (Å²) in [5.74, 6) is -1.00. The number of amides is 1. The lowest BCUT2D eigenvalue weighted by atomic mass is 9.75. The molecule has 0 aliphatic heterocycles. The number of carbonyl (C=O) groups excluding carboxylic acids is 1. The summed E-state index contributed by atoms with van der Waals surface area (Å²) in [6.07, 6.45) is 7.61. The fourth-order valence-corrected chi connectivity index (χ4v) is 3.69. The van der Waals surface area contributed by atoms with E-state index in [1.165, 1.54) is 4.90 Å². The van der Waals surface area contributed by atoms with Gasteiger partial charge in [0.15, 0.2) is 0 Å². The zero-order valence-corrected chi connectivity index (χ0v) is 16.3. The number of carbonyl (C=O) groups is 2. The fraction of sp³-hybridized carbons (Fsp3) is 0.409. The molecule has 1 fully saturated rings. The molecule has 0 bridgehead atoms. The average molecular weight is 398 g/mol. The number of para-hydroxylation sites is 1. The summed E-state index contributed by atoms with van der Waals surface area (Å²) in [5, 5.41) is 8.85. The number of carboxylic acids is 1. The normalized spacial score (nSPS) is 15.4. The van der Waals surface area contributed by atoms with Gasteiger partial charge in [-0.25, -0.2) is 14.5 Å². The molecule has 7 heteroatoms. The van der Waals surface area contributed by atoms with Gasteiger partial charge < -0.3 is 14.6 Å². The Morgan fingerprint density at radius 3 is 2.38 bits per heavy atom. The van der Waals surface area contributed by atoms with Crippen molar-refractivity contribution in [2.45, 2.75) is 32.1 Å². The Kier molecular flexibility index (Phi) is 7.19. The Balaban J connectivity index is 1.73. The van der Waals surface area contributed by atoms with Crippen LogP contribution < -0.4 is 4.90 Å². The number of rotatable bonds is 8. The van der Waals surface area contributed by atoms with Gasteiger partial charge in [-0.15, -0.1) is 0 Å². The molecule has 1 aromatic heterocycles. The lowest BCUT2D eigenvalue weighted by Gasteiger charge is -2.36. The second-order valence-corrected chi connectivity index (χ2v) is 7.38. The third-order valence-corrected chi connectivity index (χ3v) is 5.15. The summed E-state index contributed by atoms with van der Waals surface area (Å²) < 4.78 is 11.1. The van der Waals surface area contributed by atoms with Crippen molar-refractivity contribution in [3.63, 3.8) is 0 Å². The van der Waals surface area contributed by atoms with Crippen LogP contribution in [0, 0.1) is 5.41 Å². The van der Waals surface area contributed by atoms with Gasteiger partial charge in [0.05, 0.1) is 24.2 Å². The van der Waals surface area contributed by atoms with E-state index in [1.807, 2.05) is 30.3 Å². The van der Waals surface area contributed by atoms with Crippen LogP contribution in [0.4, 0.5) is 16.2 Å². The van der Waals surface area contributed by atoms with Crippen molar-refractivity contribution in [2.75, 3.05) is 24.7 Å². The van der Waals surface area contributed by atoms with E-state index in [2.05, 4.69) is 4.98 Å². The van der Waals surface area contributed by atoms with Crippen molar-refractivity contribution in [1.82, 2.24) is 4.98 Å². The molecule has 1 aliphatic carbocycles. The quantitative estimate of drug-likeness (QED) is 0.709. The summed E-state index contributed by atoms with van der Waals surface area (Å²) in [7, 11) is 0. The van der Waals surface area contributed by atoms with E-state index in [9.17, 15) is 9.59 Å². The number of hydrogen-bond donors (Lipinski definition) is 1. The number of nitrogens with zero attached hydrogens (tertiary/aromatic N) is 2. The maximum Gasteiger partial charge on any atom is 0.419 e. The Hall–Kier alpha value is -2.93. The first-order valence-corrected chi connectivity index (χ1v) is 9.81. The molecule has 1 aromatic carbocycles. The van der Waals surface area contributed by atoms with E-state index in [0.717, 1.165) is 32.1 Å². The molecular formula is C22H26N2O5. The van der Waals surface area contributed by atoms with Crippen LogP contribution in [0.2, 0.25) is 0 Å². The topological polar surface area (TPSA) is 89.0 Å². The number of pyridine rings is 1. The molecule has 154 valence electrons. The van der Waals surface area contributed by atoms with Crippen LogP contribution in [-0.2, 0) is 14.3 Å². The highest BCUT2D eigenvalue weighted by Gasteiger charge is 2.35. The Morgan fingerprint density at radius 1 is 1.00 bits per heavy atom.